The normalized spacial score (nSPS) is 27.2. The van der Waals surface area contributed by atoms with Gasteiger partial charge in [-0.05, 0) is 49.9 Å². The van der Waals surface area contributed by atoms with Gasteiger partial charge in [0.15, 0.2) is 0 Å². The van der Waals surface area contributed by atoms with E-state index in [2.05, 4.69) is 23.1 Å². The maximum atomic E-state index is 5.92. The molecule has 96 valence electrons. The summed E-state index contributed by atoms with van der Waals surface area (Å²) in [7, 11) is 0. The molecular weight excluding hydrogens is 242 g/mol. The van der Waals surface area contributed by atoms with Gasteiger partial charge in [0.25, 0.3) is 0 Å². The SMILES string of the molecule is Clc1ccc(/C=C2\CCN3CCCC[C@H]3C2)cc1. The molecule has 0 saturated carbocycles. The van der Waals surface area contributed by atoms with E-state index in [-0.39, 0.29) is 0 Å². The zero-order valence-electron chi connectivity index (χ0n) is 10.7. The molecule has 1 aromatic carbocycles. The summed E-state index contributed by atoms with van der Waals surface area (Å²) in [5.74, 6) is 0. The fourth-order valence-electron chi connectivity index (χ4n) is 3.20. The van der Waals surface area contributed by atoms with Crippen LogP contribution in [0.2, 0.25) is 5.02 Å². The van der Waals surface area contributed by atoms with Gasteiger partial charge in [-0.25, -0.2) is 0 Å². The van der Waals surface area contributed by atoms with E-state index < -0.39 is 0 Å². The molecule has 0 N–H and O–H groups in total. The van der Waals surface area contributed by atoms with E-state index in [9.17, 15) is 0 Å². The lowest BCUT2D eigenvalue weighted by Gasteiger charge is -2.40. The Morgan fingerprint density at radius 1 is 1.11 bits per heavy atom. The molecule has 1 aromatic rings. The molecule has 0 aliphatic carbocycles. The summed E-state index contributed by atoms with van der Waals surface area (Å²) in [6.07, 6.45) is 9.06. The molecule has 0 spiro atoms. The number of rotatable bonds is 1. The molecule has 2 saturated heterocycles. The molecule has 1 nitrogen and oxygen atoms in total. The van der Waals surface area contributed by atoms with Crippen LogP contribution >= 0.6 is 11.6 Å². The fourth-order valence-corrected chi connectivity index (χ4v) is 3.33. The maximum Gasteiger partial charge on any atom is 0.0406 e. The van der Waals surface area contributed by atoms with Crippen LogP contribution in [0.3, 0.4) is 0 Å². The highest BCUT2D eigenvalue weighted by Crippen LogP contribution is 2.30. The smallest absolute Gasteiger partial charge is 0.0406 e. The first kappa shape index (κ1) is 12.3. The van der Waals surface area contributed by atoms with Gasteiger partial charge in [-0.15, -0.1) is 0 Å². The summed E-state index contributed by atoms with van der Waals surface area (Å²) in [4.78, 5) is 2.68. The molecule has 18 heavy (non-hydrogen) atoms. The topological polar surface area (TPSA) is 3.24 Å². The summed E-state index contributed by atoms with van der Waals surface area (Å²) >= 11 is 5.92. The van der Waals surface area contributed by atoms with E-state index in [4.69, 9.17) is 11.6 Å². The Hall–Kier alpha value is -0.790. The van der Waals surface area contributed by atoms with E-state index in [1.165, 1.54) is 50.8 Å². The molecule has 0 radical (unpaired) electrons. The molecule has 3 rings (SSSR count). The number of piperidine rings is 2. The van der Waals surface area contributed by atoms with Crippen molar-refractivity contribution < 1.29 is 0 Å². The van der Waals surface area contributed by atoms with Crippen LogP contribution in [0.1, 0.15) is 37.7 Å². The second-order valence-corrected chi connectivity index (χ2v) is 5.93. The predicted octanol–water partition coefficient (Wildman–Crippen LogP) is 4.37. The third kappa shape index (κ3) is 2.78. The summed E-state index contributed by atoms with van der Waals surface area (Å²) in [6, 6.07) is 8.99. The summed E-state index contributed by atoms with van der Waals surface area (Å²) in [6.45, 7) is 2.57. The van der Waals surface area contributed by atoms with Gasteiger partial charge in [0, 0.05) is 17.6 Å². The molecule has 0 unspecified atom stereocenters. The summed E-state index contributed by atoms with van der Waals surface area (Å²) in [5.41, 5.74) is 2.90. The highest BCUT2D eigenvalue weighted by molar-refractivity contribution is 6.30. The average Bonchev–Trinajstić information content (AvgIpc) is 2.41. The number of hydrogen-bond donors (Lipinski definition) is 0. The Morgan fingerprint density at radius 2 is 1.94 bits per heavy atom. The van der Waals surface area contributed by atoms with E-state index in [1.54, 1.807) is 5.57 Å². The Labute approximate surface area is 114 Å². The van der Waals surface area contributed by atoms with Crippen molar-refractivity contribution in [2.75, 3.05) is 13.1 Å². The highest BCUT2D eigenvalue weighted by Gasteiger charge is 2.26. The molecular formula is C16H20ClN. The minimum Gasteiger partial charge on any atom is -0.300 e. The summed E-state index contributed by atoms with van der Waals surface area (Å²) < 4.78 is 0. The fraction of sp³-hybridized carbons (Fsp3) is 0.500. The molecule has 0 amide bonds. The Balaban J connectivity index is 1.71. The van der Waals surface area contributed by atoms with Gasteiger partial charge >= 0.3 is 0 Å². The van der Waals surface area contributed by atoms with Crippen molar-refractivity contribution in [3.8, 4) is 0 Å². The van der Waals surface area contributed by atoms with Crippen LogP contribution in [-0.4, -0.2) is 24.0 Å². The van der Waals surface area contributed by atoms with Crippen LogP contribution in [-0.2, 0) is 0 Å². The number of nitrogens with zero attached hydrogens (tertiary/aromatic N) is 1. The third-order valence-electron chi connectivity index (χ3n) is 4.21. The first-order valence-corrected chi connectivity index (χ1v) is 7.38. The lowest BCUT2D eigenvalue weighted by molar-refractivity contribution is 0.130. The van der Waals surface area contributed by atoms with Crippen LogP contribution in [0.15, 0.2) is 29.8 Å². The van der Waals surface area contributed by atoms with Gasteiger partial charge < -0.3 is 0 Å². The van der Waals surface area contributed by atoms with Gasteiger partial charge in [-0.1, -0.05) is 41.8 Å². The first-order valence-electron chi connectivity index (χ1n) is 7.00. The average molecular weight is 262 g/mol. The number of halogens is 1. The van der Waals surface area contributed by atoms with Gasteiger partial charge in [0.05, 0.1) is 0 Å². The number of fused-ring (bicyclic) bond motifs is 1. The van der Waals surface area contributed by atoms with Crippen LogP contribution in [0.4, 0.5) is 0 Å². The Kier molecular flexibility index (Phi) is 3.72. The van der Waals surface area contributed by atoms with Crippen LogP contribution in [0.25, 0.3) is 6.08 Å². The molecule has 2 heterocycles. The van der Waals surface area contributed by atoms with Crippen molar-refractivity contribution in [1.82, 2.24) is 4.90 Å². The van der Waals surface area contributed by atoms with Crippen LogP contribution in [0.5, 0.6) is 0 Å². The van der Waals surface area contributed by atoms with Crippen molar-refractivity contribution in [3.05, 3.63) is 40.4 Å². The zero-order valence-corrected chi connectivity index (χ0v) is 11.5. The van der Waals surface area contributed by atoms with Gasteiger partial charge in [0.2, 0.25) is 0 Å². The van der Waals surface area contributed by atoms with Crippen molar-refractivity contribution in [3.63, 3.8) is 0 Å². The lowest BCUT2D eigenvalue weighted by Crippen LogP contribution is -2.43. The molecule has 0 aromatic heterocycles. The van der Waals surface area contributed by atoms with Crippen LogP contribution < -0.4 is 0 Å². The van der Waals surface area contributed by atoms with E-state index in [0.717, 1.165) is 11.1 Å². The van der Waals surface area contributed by atoms with E-state index in [1.807, 2.05) is 12.1 Å². The third-order valence-corrected chi connectivity index (χ3v) is 4.46. The number of benzene rings is 1. The minimum atomic E-state index is 0.811. The molecule has 2 heteroatoms. The van der Waals surface area contributed by atoms with Crippen molar-refractivity contribution in [2.24, 2.45) is 0 Å². The second kappa shape index (κ2) is 5.46. The monoisotopic (exact) mass is 261 g/mol. The molecule has 2 aliphatic heterocycles. The van der Waals surface area contributed by atoms with Crippen molar-refractivity contribution >= 4 is 17.7 Å². The molecule has 2 aliphatic rings. The van der Waals surface area contributed by atoms with E-state index in [0.29, 0.717) is 0 Å². The lowest BCUT2D eigenvalue weighted by atomic mass is 9.89. The zero-order chi connectivity index (χ0) is 12.4. The summed E-state index contributed by atoms with van der Waals surface area (Å²) in [5, 5.41) is 0.819. The molecule has 2 fully saturated rings. The molecule has 1 atom stereocenters. The Bertz CT molecular complexity index is 435. The van der Waals surface area contributed by atoms with Gasteiger partial charge in [0.1, 0.15) is 0 Å². The second-order valence-electron chi connectivity index (χ2n) is 5.49. The minimum absolute atomic E-state index is 0.811. The van der Waals surface area contributed by atoms with E-state index >= 15 is 0 Å². The highest BCUT2D eigenvalue weighted by atomic mass is 35.5. The van der Waals surface area contributed by atoms with Crippen LogP contribution in [0, 0.1) is 0 Å². The first-order chi connectivity index (χ1) is 8.81. The van der Waals surface area contributed by atoms with Crippen molar-refractivity contribution in [1.29, 1.82) is 0 Å². The quantitative estimate of drug-likeness (QED) is 0.726. The van der Waals surface area contributed by atoms with Gasteiger partial charge in [-0.3, -0.25) is 4.90 Å². The Morgan fingerprint density at radius 3 is 2.78 bits per heavy atom. The predicted molar refractivity (Wildman–Crippen MR) is 77.9 cm³/mol. The van der Waals surface area contributed by atoms with Crippen molar-refractivity contribution in [2.45, 2.75) is 38.1 Å². The maximum absolute atomic E-state index is 5.92. The molecule has 0 bridgehead atoms. The standard InChI is InChI=1S/C16H20ClN/c17-15-6-4-13(5-7-15)11-14-8-10-18-9-2-1-3-16(18)12-14/h4-7,11,16H,1-3,8-10,12H2/b14-11+/t16-/m0/s1. The largest absolute Gasteiger partial charge is 0.300 e. The number of hydrogen-bond acceptors (Lipinski definition) is 1. The van der Waals surface area contributed by atoms with Gasteiger partial charge in [-0.2, -0.15) is 0 Å².